The van der Waals surface area contributed by atoms with Crippen molar-refractivity contribution in [3.05, 3.63) is 62.1 Å². The van der Waals surface area contributed by atoms with Crippen molar-refractivity contribution >= 4 is 63.5 Å². The van der Waals surface area contributed by atoms with E-state index in [1.54, 1.807) is 18.2 Å². The van der Waals surface area contributed by atoms with E-state index in [-0.39, 0.29) is 21.4 Å². The number of thiocarbonyl (C=S) groups is 1. The van der Waals surface area contributed by atoms with E-state index in [0.717, 1.165) is 0 Å². The number of nitrogens with zero attached hydrogens (tertiary/aromatic N) is 2. The predicted molar refractivity (Wildman–Crippen MR) is 116 cm³/mol. The van der Waals surface area contributed by atoms with E-state index in [4.69, 9.17) is 40.2 Å². The van der Waals surface area contributed by atoms with Gasteiger partial charge >= 0.3 is 0 Å². The summed E-state index contributed by atoms with van der Waals surface area (Å²) in [5.74, 6) is -0.547. The molecule has 1 aliphatic heterocycles. The Morgan fingerprint density at radius 3 is 2.59 bits per heavy atom. The number of morpholine rings is 1. The summed E-state index contributed by atoms with van der Waals surface area (Å²) >= 11 is 17.0. The lowest BCUT2D eigenvalue weighted by atomic mass is 10.2. The van der Waals surface area contributed by atoms with Crippen molar-refractivity contribution in [3.63, 3.8) is 0 Å². The van der Waals surface area contributed by atoms with E-state index in [0.29, 0.717) is 42.7 Å². The largest absolute Gasteiger partial charge is 0.378 e. The van der Waals surface area contributed by atoms with Gasteiger partial charge in [0.25, 0.3) is 11.6 Å². The maximum atomic E-state index is 12.3. The lowest BCUT2D eigenvalue weighted by molar-refractivity contribution is -0.384. The number of halogens is 2. The van der Waals surface area contributed by atoms with Gasteiger partial charge < -0.3 is 15.0 Å². The molecule has 11 heteroatoms. The zero-order valence-corrected chi connectivity index (χ0v) is 17.3. The van der Waals surface area contributed by atoms with Crippen molar-refractivity contribution < 1.29 is 14.5 Å². The Morgan fingerprint density at radius 1 is 1.17 bits per heavy atom. The molecule has 3 rings (SSSR count). The highest BCUT2D eigenvalue weighted by molar-refractivity contribution is 7.80. The first kappa shape index (κ1) is 21.3. The minimum atomic E-state index is -0.547. The summed E-state index contributed by atoms with van der Waals surface area (Å²) in [5, 5.41) is 17.3. The minimum Gasteiger partial charge on any atom is -0.378 e. The van der Waals surface area contributed by atoms with Gasteiger partial charge in [-0.15, -0.1) is 0 Å². The second-order valence-corrected chi connectivity index (χ2v) is 7.34. The van der Waals surface area contributed by atoms with E-state index in [9.17, 15) is 14.9 Å². The SMILES string of the molecule is O=C(NC(=S)Nc1ccc(N2CCOCC2)c([N+](=O)[O-])c1)c1cc(Cl)ccc1Cl. The third-order valence-electron chi connectivity index (χ3n) is 4.18. The monoisotopic (exact) mass is 454 g/mol. The number of carbonyl (C=O) groups excluding carboxylic acids is 1. The smallest absolute Gasteiger partial charge is 0.294 e. The third-order valence-corrected chi connectivity index (χ3v) is 4.95. The standard InChI is InChI=1S/C18H16Cl2N4O4S/c19-11-1-3-14(20)13(9-11)17(25)22-18(29)21-12-2-4-15(16(10-12)24(26)27)23-5-7-28-8-6-23/h1-4,9-10H,5-8H2,(H2,21,22,25,29). The van der Waals surface area contributed by atoms with Crippen LogP contribution in [0.3, 0.4) is 0 Å². The molecule has 1 aliphatic rings. The van der Waals surface area contributed by atoms with Crippen LogP contribution >= 0.6 is 35.4 Å². The van der Waals surface area contributed by atoms with E-state index >= 15 is 0 Å². The molecule has 0 spiro atoms. The van der Waals surface area contributed by atoms with Crippen molar-refractivity contribution in [1.29, 1.82) is 0 Å². The maximum absolute atomic E-state index is 12.3. The number of nitro benzene ring substituents is 1. The average molecular weight is 455 g/mol. The molecule has 0 radical (unpaired) electrons. The highest BCUT2D eigenvalue weighted by atomic mass is 35.5. The molecule has 0 aromatic heterocycles. The Balaban J connectivity index is 1.73. The van der Waals surface area contributed by atoms with Gasteiger partial charge in [-0.05, 0) is 42.5 Å². The Labute approximate surface area is 181 Å². The summed E-state index contributed by atoms with van der Waals surface area (Å²) in [6, 6.07) is 9.15. The Kier molecular flexibility index (Phi) is 6.86. The topological polar surface area (TPSA) is 96.7 Å². The number of hydrogen-bond acceptors (Lipinski definition) is 6. The molecule has 29 heavy (non-hydrogen) atoms. The van der Waals surface area contributed by atoms with Gasteiger partial charge in [-0.25, -0.2) is 0 Å². The average Bonchev–Trinajstić information content (AvgIpc) is 2.70. The van der Waals surface area contributed by atoms with Crippen LogP contribution in [0.5, 0.6) is 0 Å². The summed E-state index contributed by atoms with van der Waals surface area (Å²) in [5.41, 5.74) is 0.974. The summed E-state index contributed by atoms with van der Waals surface area (Å²) in [6.45, 7) is 2.17. The van der Waals surface area contributed by atoms with Crippen molar-refractivity contribution in [3.8, 4) is 0 Å². The second kappa shape index (κ2) is 9.36. The maximum Gasteiger partial charge on any atom is 0.294 e. The van der Waals surface area contributed by atoms with E-state index < -0.39 is 10.8 Å². The van der Waals surface area contributed by atoms with Crippen LogP contribution in [0.4, 0.5) is 17.1 Å². The first-order valence-corrected chi connectivity index (χ1v) is 9.70. The molecule has 1 amide bonds. The van der Waals surface area contributed by atoms with Crippen molar-refractivity contribution in [2.45, 2.75) is 0 Å². The molecule has 2 N–H and O–H groups in total. The number of hydrogen-bond donors (Lipinski definition) is 2. The van der Waals surface area contributed by atoms with Crippen molar-refractivity contribution in [2.24, 2.45) is 0 Å². The number of anilines is 2. The van der Waals surface area contributed by atoms with Gasteiger partial charge in [0.05, 0.1) is 28.7 Å². The number of nitrogens with one attached hydrogen (secondary N) is 2. The highest BCUT2D eigenvalue weighted by Gasteiger charge is 2.22. The molecule has 8 nitrogen and oxygen atoms in total. The molecule has 0 atom stereocenters. The molecule has 0 saturated carbocycles. The van der Waals surface area contributed by atoms with Gasteiger partial charge in [0.2, 0.25) is 0 Å². The van der Waals surface area contributed by atoms with Crippen LogP contribution in [-0.4, -0.2) is 42.2 Å². The fourth-order valence-electron chi connectivity index (χ4n) is 2.82. The first-order chi connectivity index (χ1) is 13.8. The molecular weight excluding hydrogens is 439 g/mol. The Morgan fingerprint density at radius 2 is 1.90 bits per heavy atom. The van der Waals surface area contributed by atoms with Gasteiger partial charge in [0.1, 0.15) is 5.69 Å². The number of amides is 1. The lowest BCUT2D eigenvalue weighted by Crippen LogP contribution is -2.36. The zero-order chi connectivity index (χ0) is 21.0. The van der Waals surface area contributed by atoms with Crippen LogP contribution in [0, 0.1) is 10.1 Å². The minimum absolute atomic E-state index is 0.0283. The number of rotatable bonds is 4. The molecule has 0 unspecified atom stereocenters. The molecule has 0 bridgehead atoms. The molecule has 2 aromatic rings. The molecular formula is C18H16Cl2N4O4S. The van der Waals surface area contributed by atoms with Crippen LogP contribution < -0.4 is 15.5 Å². The third kappa shape index (κ3) is 5.33. The molecule has 1 fully saturated rings. The number of ether oxygens (including phenoxy) is 1. The van der Waals surface area contributed by atoms with Crippen molar-refractivity contribution in [1.82, 2.24) is 5.32 Å². The number of benzene rings is 2. The van der Waals surface area contributed by atoms with Gasteiger partial charge in [0.15, 0.2) is 5.11 Å². The lowest BCUT2D eigenvalue weighted by Gasteiger charge is -2.28. The Bertz CT molecular complexity index is 967. The van der Waals surface area contributed by atoms with Crippen LogP contribution in [0.15, 0.2) is 36.4 Å². The molecule has 152 valence electrons. The number of nitro groups is 1. The zero-order valence-electron chi connectivity index (χ0n) is 15.0. The molecule has 1 saturated heterocycles. The fraction of sp³-hybridized carbons (Fsp3) is 0.222. The van der Waals surface area contributed by atoms with E-state index in [1.807, 2.05) is 4.90 Å². The normalized spacial score (nSPS) is 13.7. The van der Waals surface area contributed by atoms with E-state index in [1.165, 1.54) is 18.2 Å². The van der Waals surface area contributed by atoms with Gasteiger partial charge in [0, 0.05) is 29.9 Å². The summed E-state index contributed by atoms with van der Waals surface area (Å²) in [4.78, 5) is 25.3. The summed E-state index contributed by atoms with van der Waals surface area (Å²) in [7, 11) is 0. The second-order valence-electron chi connectivity index (χ2n) is 6.09. The van der Waals surface area contributed by atoms with Gasteiger partial charge in [-0.2, -0.15) is 0 Å². The predicted octanol–water partition coefficient (Wildman–Crippen LogP) is 3.87. The van der Waals surface area contributed by atoms with Crippen LogP contribution in [-0.2, 0) is 4.74 Å². The summed E-state index contributed by atoms with van der Waals surface area (Å²) in [6.07, 6.45) is 0. The van der Waals surface area contributed by atoms with Crippen LogP contribution in [0.2, 0.25) is 10.0 Å². The van der Waals surface area contributed by atoms with Gasteiger partial charge in [-0.1, -0.05) is 23.2 Å². The molecule has 2 aromatic carbocycles. The first-order valence-electron chi connectivity index (χ1n) is 8.53. The molecule has 0 aliphatic carbocycles. The fourth-order valence-corrected chi connectivity index (χ4v) is 3.41. The highest BCUT2D eigenvalue weighted by Crippen LogP contribution is 2.31. The van der Waals surface area contributed by atoms with Crippen LogP contribution in [0.1, 0.15) is 10.4 Å². The van der Waals surface area contributed by atoms with Gasteiger partial charge in [-0.3, -0.25) is 20.2 Å². The number of carbonyl (C=O) groups is 1. The Hall–Kier alpha value is -2.46. The van der Waals surface area contributed by atoms with Crippen LogP contribution in [0.25, 0.3) is 0 Å². The summed E-state index contributed by atoms with van der Waals surface area (Å²) < 4.78 is 5.29. The van der Waals surface area contributed by atoms with Crippen molar-refractivity contribution in [2.75, 3.05) is 36.5 Å². The quantitative estimate of drug-likeness (QED) is 0.411. The molecule has 1 heterocycles. The van der Waals surface area contributed by atoms with E-state index in [2.05, 4.69) is 10.6 Å².